The van der Waals surface area contributed by atoms with Gasteiger partial charge in [0.05, 0.1) is 0 Å². The molecule has 1 aliphatic rings. The van der Waals surface area contributed by atoms with Crippen LogP contribution in [0.25, 0.3) is 0 Å². The van der Waals surface area contributed by atoms with Gasteiger partial charge in [0.1, 0.15) is 11.5 Å². The van der Waals surface area contributed by atoms with Crippen molar-refractivity contribution in [1.82, 2.24) is 0 Å². The molecule has 0 aromatic heterocycles. The van der Waals surface area contributed by atoms with Crippen LogP contribution in [-0.4, -0.2) is 34.5 Å². The number of carbonyl (C=O) groups excluding carboxylic acids is 1. The Hall–Kier alpha value is 0.370. The van der Waals surface area contributed by atoms with E-state index < -0.39 is 0 Å². The fourth-order valence-corrected chi connectivity index (χ4v) is 5.43. The highest BCUT2D eigenvalue weighted by molar-refractivity contribution is 8.05. The standard InChI is InChI=1S/C10H19OS2/c1-10(2,3)9(11)8-13-6-4-12-5-7-13/h4-8H2,1-3H3/q+1. The van der Waals surface area contributed by atoms with Crippen LogP contribution in [0.15, 0.2) is 0 Å². The van der Waals surface area contributed by atoms with E-state index in [1.807, 2.05) is 32.5 Å². The summed E-state index contributed by atoms with van der Waals surface area (Å²) in [5, 5.41) is 0. The Morgan fingerprint density at radius 3 is 2.31 bits per heavy atom. The maximum Gasteiger partial charge on any atom is 0.187 e. The first-order valence-corrected chi connectivity index (χ1v) is 7.64. The van der Waals surface area contributed by atoms with Gasteiger partial charge < -0.3 is 0 Å². The summed E-state index contributed by atoms with van der Waals surface area (Å²) in [4.78, 5) is 11.7. The molecule has 0 aromatic carbocycles. The van der Waals surface area contributed by atoms with Gasteiger partial charge in [0.15, 0.2) is 11.5 Å². The molecule has 0 bridgehead atoms. The van der Waals surface area contributed by atoms with Crippen LogP contribution in [-0.2, 0) is 15.7 Å². The van der Waals surface area contributed by atoms with Gasteiger partial charge in [-0.2, -0.15) is 11.8 Å². The Morgan fingerprint density at radius 1 is 1.31 bits per heavy atom. The number of hydrogen-bond acceptors (Lipinski definition) is 2. The molecule has 3 heteroatoms. The van der Waals surface area contributed by atoms with Gasteiger partial charge in [-0.1, -0.05) is 20.8 Å². The molecule has 1 heterocycles. The summed E-state index contributed by atoms with van der Waals surface area (Å²) in [6.45, 7) is 6.08. The number of carbonyl (C=O) groups is 1. The molecular formula is C10H19OS2+. The first-order chi connectivity index (χ1) is 6.00. The highest BCUT2D eigenvalue weighted by atomic mass is 32.2. The highest BCUT2D eigenvalue weighted by Crippen LogP contribution is 2.19. The summed E-state index contributed by atoms with van der Waals surface area (Å²) in [7, 11) is 0.408. The van der Waals surface area contributed by atoms with Crippen LogP contribution in [0.5, 0.6) is 0 Å². The van der Waals surface area contributed by atoms with E-state index in [4.69, 9.17) is 0 Å². The average Bonchev–Trinajstić information content (AvgIpc) is 2.04. The van der Waals surface area contributed by atoms with Gasteiger partial charge in [0.2, 0.25) is 0 Å². The van der Waals surface area contributed by atoms with Crippen LogP contribution in [0.2, 0.25) is 0 Å². The topological polar surface area (TPSA) is 17.1 Å². The lowest BCUT2D eigenvalue weighted by atomic mass is 9.92. The Labute approximate surface area is 88.4 Å². The minimum atomic E-state index is -0.127. The van der Waals surface area contributed by atoms with Crippen molar-refractivity contribution in [3.63, 3.8) is 0 Å². The minimum Gasteiger partial charge on any atom is -0.294 e. The van der Waals surface area contributed by atoms with Gasteiger partial charge in [-0.05, 0) is 10.9 Å². The van der Waals surface area contributed by atoms with Gasteiger partial charge in [-0.25, -0.2) is 0 Å². The molecule has 0 atom stereocenters. The van der Waals surface area contributed by atoms with Crippen molar-refractivity contribution < 1.29 is 4.79 Å². The van der Waals surface area contributed by atoms with Gasteiger partial charge in [0.25, 0.3) is 0 Å². The number of Topliss-reactive ketones (excluding diaryl/α,β-unsaturated/α-hetero) is 1. The van der Waals surface area contributed by atoms with Crippen molar-refractivity contribution in [3.8, 4) is 0 Å². The van der Waals surface area contributed by atoms with E-state index in [0.29, 0.717) is 16.7 Å². The molecule has 1 rings (SSSR count). The third-order valence-electron chi connectivity index (χ3n) is 2.20. The normalized spacial score (nSPS) is 20.2. The Kier molecular flexibility index (Phi) is 4.17. The summed E-state index contributed by atoms with van der Waals surface area (Å²) in [5.74, 6) is 6.35. The molecular weight excluding hydrogens is 200 g/mol. The lowest BCUT2D eigenvalue weighted by Crippen LogP contribution is -2.33. The average molecular weight is 219 g/mol. The summed E-state index contributed by atoms with van der Waals surface area (Å²) < 4.78 is 0. The summed E-state index contributed by atoms with van der Waals surface area (Å²) >= 11 is 2.03. The molecule has 0 unspecified atom stereocenters. The third kappa shape index (κ3) is 3.94. The van der Waals surface area contributed by atoms with Crippen LogP contribution < -0.4 is 0 Å². The van der Waals surface area contributed by atoms with E-state index in [1.165, 1.54) is 23.0 Å². The second-order valence-corrected chi connectivity index (χ2v) is 8.01. The molecule has 0 amide bonds. The first kappa shape index (κ1) is 11.4. The largest absolute Gasteiger partial charge is 0.294 e. The molecule has 0 saturated carbocycles. The molecule has 1 aliphatic heterocycles. The van der Waals surface area contributed by atoms with Crippen LogP contribution in [0.4, 0.5) is 0 Å². The van der Waals surface area contributed by atoms with Crippen molar-refractivity contribution in [2.45, 2.75) is 20.8 Å². The fourth-order valence-electron chi connectivity index (χ4n) is 1.10. The zero-order valence-corrected chi connectivity index (χ0v) is 10.4. The molecule has 1 nitrogen and oxygen atoms in total. The van der Waals surface area contributed by atoms with E-state index >= 15 is 0 Å². The molecule has 1 fully saturated rings. The maximum absolute atomic E-state index is 11.7. The maximum atomic E-state index is 11.7. The van der Waals surface area contributed by atoms with Crippen molar-refractivity contribution in [2.75, 3.05) is 28.8 Å². The second kappa shape index (κ2) is 4.74. The van der Waals surface area contributed by atoms with Gasteiger partial charge in [-0.15, -0.1) is 0 Å². The Bertz CT molecular complexity index is 178. The van der Waals surface area contributed by atoms with E-state index in [2.05, 4.69) is 0 Å². The number of thioether (sulfide) groups is 1. The van der Waals surface area contributed by atoms with Gasteiger partial charge >= 0.3 is 0 Å². The fraction of sp³-hybridized carbons (Fsp3) is 0.900. The first-order valence-electron chi connectivity index (χ1n) is 4.75. The van der Waals surface area contributed by atoms with Crippen molar-refractivity contribution >= 4 is 28.4 Å². The minimum absolute atomic E-state index is 0.127. The van der Waals surface area contributed by atoms with Crippen LogP contribution in [0.3, 0.4) is 0 Å². The second-order valence-electron chi connectivity index (χ2n) is 4.45. The monoisotopic (exact) mass is 219 g/mol. The predicted octanol–water partition coefficient (Wildman–Crippen LogP) is 1.97. The van der Waals surface area contributed by atoms with E-state index in [1.54, 1.807) is 0 Å². The predicted molar refractivity (Wildman–Crippen MR) is 63.8 cm³/mol. The highest BCUT2D eigenvalue weighted by Gasteiger charge is 2.31. The zero-order valence-electron chi connectivity index (χ0n) is 8.76. The van der Waals surface area contributed by atoms with E-state index in [-0.39, 0.29) is 5.41 Å². The summed E-state index contributed by atoms with van der Waals surface area (Å²) in [6, 6.07) is 0. The van der Waals surface area contributed by atoms with Gasteiger partial charge in [-0.3, -0.25) is 4.79 Å². The number of rotatable bonds is 2. The molecule has 0 radical (unpaired) electrons. The smallest absolute Gasteiger partial charge is 0.187 e. The zero-order chi connectivity index (χ0) is 9.90. The Morgan fingerprint density at radius 2 is 1.85 bits per heavy atom. The van der Waals surface area contributed by atoms with E-state index in [9.17, 15) is 4.79 Å². The summed E-state index contributed by atoms with van der Waals surface area (Å²) in [5.41, 5.74) is -0.127. The molecule has 0 N–H and O–H groups in total. The third-order valence-corrected chi connectivity index (χ3v) is 5.94. The molecule has 76 valence electrons. The van der Waals surface area contributed by atoms with Crippen molar-refractivity contribution in [1.29, 1.82) is 0 Å². The van der Waals surface area contributed by atoms with Crippen LogP contribution in [0, 0.1) is 5.41 Å². The quantitative estimate of drug-likeness (QED) is 0.661. The van der Waals surface area contributed by atoms with Crippen molar-refractivity contribution in [2.24, 2.45) is 5.41 Å². The molecule has 13 heavy (non-hydrogen) atoms. The molecule has 0 aliphatic carbocycles. The molecule has 1 saturated heterocycles. The number of ketones is 1. The molecule has 0 spiro atoms. The van der Waals surface area contributed by atoms with Crippen LogP contribution in [0.1, 0.15) is 20.8 Å². The lowest BCUT2D eigenvalue weighted by Gasteiger charge is -2.18. The SMILES string of the molecule is CC(C)(C)C(=O)C[S+]1CCSCC1. The molecule has 0 aromatic rings. The number of hydrogen-bond donors (Lipinski definition) is 0. The summed E-state index contributed by atoms with van der Waals surface area (Å²) in [6.07, 6.45) is 0. The van der Waals surface area contributed by atoms with Gasteiger partial charge in [0, 0.05) is 16.9 Å². The van der Waals surface area contributed by atoms with Crippen molar-refractivity contribution in [3.05, 3.63) is 0 Å². The van der Waals surface area contributed by atoms with E-state index in [0.717, 1.165) is 5.75 Å². The Balaban J connectivity index is 2.35. The van der Waals surface area contributed by atoms with Crippen LogP contribution >= 0.6 is 11.8 Å². The lowest BCUT2D eigenvalue weighted by molar-refractivity contribution is -0.123.